The molecule has 1 heterocycles. The monoisotopic (exact) mass is 197 g/mol. The Morgan fingerprint density at radius 3 is 2.87 bits per heavy atom. The third-order valence-electron chi connectivity index (χ3n) is 3.60. The molecular weight excluding hydrogens is 182 g/mol. The molecule has 0 N–H and O–H groups in total. The molecule has 1 heteroatoms. The largest absolute Gasteiger partial charge is 0.367 e. The van der Waals surface area contributed by atoms with Gasteiger partial charge in [-0.25, -0.2) is 0 Å². The molecule has 15 heavy (non-hydrogen) atoms. The van der Waals surface area contributed by atoms with Crippen molar-refractivity contribution in [3.63, 3.8) is 0 Å². The van der Waals surface area contributed by atoms with E-state index in [1.165, 1.54) is 16.8 Å². The maximum atomic E-state index is 2.38. The second-order valence-corrected chi connectivity index (χ2v) is 4.43. The maximum Gasteiger partial charge on any atom is 0.0579 e. The Bertz CT molecular complexity index is 456. The van der Waals surface area contributed by atoms with Crippen LogP contribution in [0.25, 0.3) is 0 Å². The predicted octanol–water partition coefficient (Wildman–Crippen LogP) is 3.10. The number of allylic oxidation sites excluding steroid dienone is 2. The summed E-state index contributed by atoms with van der Waals surface area (Å²) < 4.78 is 0. The smallest absolute Gasteiger partial charge is 0.0579 e. The summed E-state index contributed by atoms with van der Waals surface area (Å²) >= 11 is 0. The van der Waals surface area contributed by atoms with Crippen molar-refractivity contribution >= 4 is 5.69 Å². The molecular formula is C14H15N. The summed E-state index contributed by atoms with van der Waals surface area (Å²) in [7, 11) is 2.19. The van der Waals surface area contributed by atoms with E-state index in [0.29, 0.717) is 12.0 Å². The Morgan fingerprint density at radius 1 is 1.20 bits per heavy atom. The molecule has 3 rings (SSSR count). The molecule has 0 radical (unpaired) electrons. The topological polar surface area (TPSA) is 3.24 Å². The molecule has 1 aromatic rings. The minimum absolute atomic E-state index is 0.521. The van der Waals surface area contributed by atoms with Gasteiger partial charge in [0, 0.05) is 18.7 Å². The van der Waals surface area contributed by atoms with Gasteiger partial charge in [0.05, 0.1) is 6.04 Å². The number of rotatable bonds is 0. The number of fused-ring (bicyclic) bond motifs is 3. The minimum Gasteiger partial charge on any atom is -0.367 e. The number of para-hydroxylation sites is 1. The summed E-state index contributed by atoms with van der Waals surface area (Å²) in [5.74, 6) is 0.566. The quantitative estimate of drug-likeness (QED) is 0.617. The number of anilines is 1. The molecule has 2 atom stereocenters. The first-order valence-electron chi connectivity index (χ1n) is 5.46. The predicted molar refractivity (Wildman–Crippen MR) is 64.3 cm³/mol. The van der Waals surface area contributed by atoms with E-state index >= 15 is 0 Å². The van der Waals surface area contributed by atoms with Gasteiger partial charge in [-0.15, -0.1) is 0 Å². The molecule has 0 saturated heterocycles. The Hall–Kier alpha value is -1.50. The molecule has 0 fully saturated rings. The lowest BCUT2D eigenvalue weighted by molar-refractivity contribution is 0.691. The summed E-state index contributed by atoms with van der Waals surface area (Å²) in [6, 6.07) is 9.25. The normalized spacial score (nSPS) is 27.3. The van der Waals surface area contributed by atoms with Crippen LogP contribution in [0.2, 0.25) is 0 Å². The molecule has 2 unspecified atom stereocenters. The van der Waals surface area contributed by atoms with Crippen LogP contribution in [0.1, 0.15) is 18.4 Å². The van der Waals surface area contributed by atoms with Gasteiger partial charge in [0.15, 0.2) is 0 Å². The van der Waals surface area contributed by atoms with Gasteiger partial charge in [0.1, 0.15) is 0 Å². The van der Waals surface area contributed by atoms with E-state index in [1.54, 1.807) is 0 Å². The van der Waals surface area contributed by atoms with Gasteiger partial charge in [-0.3, -0.25) is 0 Å². The molecule has 0 aromatic heterocycles. The van der Waals surface area contributed by atoms with Crippen LogP contribution in [0.15, 0.2) is 48.1 Å². The molecule has 1 nitrogen and oxygen atoms in total. The second-order valence-electron chi connectivity index (χ2n) is 4.43. The van der Waals surface area contributed by atoms with Crippen LogP contribution in [0.5, 0.6) is 0 Å². The Kier molecular flexibility index (Phi) is 1.75. The van der Waals surface area contributed by atoms with Crippen LogP contribution in [0.4, 0.5) is 5.69 Å². The molecule has 1 aliphatic carbocycles. The zero-order valence-electron chi connectivity index (χ0n) is 9.14. The van der Waals surface area contributed by atoms with Crippen LogP contribution < -0.4 is 4.90 Å². The standard InChI is InChI=1S/C14H15N/c1-10-6-5-9-13-14(10)11-7-3-4-8-12(11)15(13)2/h3-9,13-14H,1-2H3. The van der Waals surface area contributed by atoms with E-state index in [-0.39, 0.29) is 0 Å². The first-order valence-corrected chi connectivity index (χ1v) is 5.46. The van der Waals surface area contributed by atoms with E-state index in [1.807, 2.05) is 0 Å². The van der Waals surface area contributed by atoms with Crippen molar-refractivity contribution in [3.05, 3.63) is 53.6 Å². The van der Waals surface area contributed by atoms with E-state index < -0.39 is 0 Å². The lowest BCUT2D eigenvalue weighted by atomic mass is 9.85. The first kappa shape index (κ1) is 8.78. The van der Waals surface area contributed by atoms with Crippen LogP contribution >= 0.6 is 0 Å². The fraction of sp³-hybridized carbons (Fsp3) is 0.286. The highest BCUT2D eigenvalue weighted by atomic mass is 15.2. The van der Waals surface area contributed by atoms with Crippen molar-refractivity contribution in [2.75, 3.05) is 11.9 Å². The summed E-state index contributed by atoms with van der Waals surface area (Å²) in [4.78, 5) is 2.38. The third-order valence-corrected chi connectivity index (χ3v) is 3.60. The van der Waals surface area contributed by atoms with E-state index in [2.05, 4.69) is 61.4 Å². The SMILES string of the molecule is CC1=CC=CC2C1c1ccccc1N2C. The summed E-state index contributed by atoms with van der Waals surface area (Å²) in [6.45, 7) is 2.23. The molecule has 76 valence electrons. The fourth-order valence-corrected chi connectivity index (χ4v) is 2.82. The van der Waals surface area contributed by atoms with Crippen molar-refractivity contribution in [2.24, 2.45) is 0 Å². The van der Waals surface area contributed by atoms with Crippen LogP contribution in [-0.2, 0) is 0 Å². The minimum atomic E-state index is 0.521. The van der Waals surface area contributed by atoms with Gasteiger partial charge in [-0.1, -0.05) is 42.0 Å². The number of nitrogens with zero attached hydrogens (tertiary/aromatic N) is 1. The van der Waals surface area contributed by atoms with Gasteiger partial charge in [0.2, 0.25) is 0 Å². The number of hydrogen-bond acceptors (Lipinski definition) is 1. The van der Waals surface area contributed by atoms with Crippen molar-refractivity contribution in [2.45, 2.75) is 18.9 Å². The molecule has 0 bridgehead atoms. The van der Waals surface area contributed by atoms with Gasteiger partial charge in [-0.05, 0) is 18.6 Å². The zero-order chi connectivity index (χ0) is 10.4. The Labute approximate surface area is 90.7 Å². The van der Waals surface area contributed by atoms with Crippen LogP contribution in [-0.4, -0.2) is 13.1 Å². The van der Waals surface area contributed by atoms with Gasteiger partial charge < -0.3 is 4.90 Å². The molecule has 2 aliphatic rings. The van der Waals surface area contributed by atoms with E-state index in [4.69, 9.17) is 0 Å². The summed E-state index contributed by atoms with van der Waals surface area (Å²) in [5.41, 5.74) is 4.33. The Morgan fingerprint density at radius 2 is 2.00 bits per heavy atom. The molecule has 1 aliphatic heterocycles. The van der Waals surface area contributed by atoms with Crippen molar-refractivity contribution in [1.29, 1.82) is 0 Å². The van der Waals surface area contributed by atoms with Crippen LogP contribution in [0.3, 0.4) is 0 Å². The second kappa shape index (κ2) is 2.99. The summed E-state index contributed by atoms with van der Waals surface area (Å²) in [5, 5.41) is 0. The van der Waals surface area contributed by atoms with Gasteiger partial charge >= 0.3 is 0 Å². The fourth-order valence-electron chi connectivity index (χ4n) is 2.82. The average Bonchev–Trinajstić information content (AvgIpc) is 2.55. The van der Waals surface area contributed by atoms with Gasteiger partial charge in [-0.2, -0.15) is 0 Å². The number of likely N-dealkylation sites (N-methyl/N-ethyl adjacent to an activating group) is 1. The molecule has 1 aromatic carbocycles. The summed E-state index contributed by atoms with van der Waals surface area (Å²) in [6.07, 6.45) is 6.72. The van der Waals surface area contributed by atoms with Crippen molar-refractivity contribution < 1.29 is 0 Å². The lowest BCUT2D eigenvalue weighted by Crippen LogP contribution is -2.30. The molecule has 0 saturated carbocycles. The van der Waals surface area contributed by atoms with E-state index in [9.17, 15) is 0 Å². The lowest BCUT2D eigenvalue weighted by Gasteiger charge is -2.26. The maximum absolute atomic E-state index is 2.38. The van der Waals surface area contributed by atoms with Crippen LogP contribution in [0, 0.1) is 0 Å². The first-order chi connectivity index (χ1) is 7.29. The molecule has 0 amide bonds. The van der Waals surface area contributed by atoms with Crippen molar-refractivity contribution in [3.8, 4) is 0 Å². The highest BCUT2D eigenvalue weighted by Gasteiger charge is 2.36. The average molecular weight is 197 g/mol. The molecule has 0 spiro atoms. The zero-order valence-corrected chi connectivity index (χ0v) is 9.14. The van der Waals surface area contributed by atoms with E-state index in [0.717, 1.165) is 0 Å². The Balaban J connectivity index is 2.19. The number of benzene rings is 1. The highest BCUT2D eigenvalue weighted by molar-refractivity contribution is 5.65. The van der Waals surface area contributed by atoms with Crippen molar-refractivity contribution in [1.82, 2.24) is 0 Å². The highest BCUT2D eigenvalue weighted by Crippen LogP contribution is 2.45. The third kappa shape index (κ3) is 1.09. The number of hydrogen-bond donors (Lipinski definition) is 0. The van der Waals surface area contributed by atoms with Gasteiger partial charge in [0.25, 0.3) is 0 Å².